The second-order valence-electron chi connectivity index (χ2n) is 3.26. The summed E-state index contributed by atoms with van der Waals surface area (Å²) in [6.07, 6.45) is -0.0321. The molecule has 0 aromatic heterocycles. The van der Waals surface area contributed by atoms with E-state index < -0.39 is 12.1 Å². The van der Waals surface area contributed by atoms with Crippen molar-refractivity contribution in [2.24, 2.45) is 0 Å². The summed E-state index contributed by atoms with van der Waals surface area (Å²) in [6.45, 7) is 0.0853. The molecule has 0 unspecified atom stereocenters. The SMILES string of the molecule is COC(=O)[C@@H]1COc2cc(C=O)ccc2O1. The minimum Gasteiger partial charge on any atom is -0.485 e. The van der Waals surface area contributed by atoms with Crippen molar-refractivity contribution in [3.05, 3.63) is 23.8 Å². The van der Waals surface area contributed by atoms with Gasteiger partial charge in [-0.1, -0.05) is 0 Å². The zero-order chi connectivity index (χ0) is 11.5. The van der Waals surface area contributed by atoms with Crippen molar-refractivity contribution >= 4 is 12.3 Å². The van der Waals surface area contributed by atoms with Crippen LogP contribution in [0.2, 0.25) is 0 Å². The number of rotatable bonds is 2. The molecule has 1 aliphatic heterocycles. The molecule has 1 heterocycles. The molecule has 0 fully saturated rings. The van der Waals surface area contributed by atoms with E-state index in [1.807, 2.05) is 0 Å². The number of carbonyl (C=O) groups is 2. The van der Waals surface area contributed by atoms with Gasteiger partial charge in [0.25, 0.3) is 0 Å². The van der Waals surface area contributed by atoms with Gasteiger partial charge in [-0.25, -0.2) is 4.79 Å². The first-order chi connectivity index (χ1) is 7.74. The zero-order valence-electron chi connectivity index (χ0n) is 8.64. The third-order valence-electron chi connectivity index (χ3n) is 2.23. The lowest BCUT2D eigenvalue weighted by atomic mass is 10.2. The predicted molar refractivity (Wildman–Crippen MR) is 53.8 cm³/mol. The summed E-state index contributed by atoms with van der Waals surface area (Å²) in [4.78, 5) is 21.8. The maximum absolute atomic E-state index is 11.2. The van der Waals surface area contributed by atoms with E-state index in [0.717, 1.165) is 6.29 Å². The van der Waals surface area contributed by atoms with E-state index in [9.17, 15) is 9.59 Å². The average Bonchev–Trinajstić information content (AvgIpc) is 2.36. The van der Waals surface area contributed by atoms with Crippen molar-refractivity contribution < 1.29 is 23.8 Å². The predicted octanol–water partition coefficient (Wildman–Crippen LogP) is 0.812. The number of ether oxygens (including phenoxy) is 3. The highest BCUT2D eigenvalue weighted by molar-refractivity contribution is 5.78. The maximum atomic E-state index is 11.2. The minimum atomic E-state index is -0.750. The quantitative estimate of drug-likeness (QED) is 0.547. The molecule has 5 nitrogen and oxygen atoms in total. The van der Waals surface area contributed by atoms with Crippen LogP contribution in [0.1, 0.15) is 10.4 Å². The van der Waals surface area contributed by atoms with Crippen LogP contribution in [0.15, 0.2) is 18.2 Å². The van der Waals surface area contributed by atoms with Gasteiger partial charge in [-0.3, -0.25) is 4.79 Å². The lowest BCUT2D eigenvalue weighted by molar-refractivity contribution is -0.151. The van der Waals surface area contributed by atoms with E-state index in [-0.39, 0.29) is 6.61 Å². The number of benzene rings is 1. The van der Waals surface area contributed by atoms with Gasteiger partial charge in [0.1, 0.15) is 12.9 Å². The molecule has 1 aromatic carbocycles. The highest BCUT2D eigenvalue weighted by atomic mass is 16.6. The Hall–Kier alpha value is -2.04. The van der Waals surface area contributed by atoms with Crippen LogP contribution < -0.4 is 9.47 Å². The lowest BCUT2D eigenvalue weighted by Gasteiger charge is -2.24. The molecule has 1 atom stereocenters. The van der Waals surface area contributed by atoms with Gasteiger partial charge in [0.05, 0.1) is 7.11 Å². The molecule has 16 heavy (non-hydrogen) atoms. The van der Waals surface area contributed by atoms with E-state index in [1.54, 1.807) is 18.2 Å². The van der Waals surface area contributed by atoms with Gasteiger partial charge in [-0.05, 0) is 18.2 Å². The molecule has 0 radical (unpaired) electrons. The fourth-order valence-electron chi connectivity index (χ4n) is 1.41. The fraction of sp³-hybridized carbons (Fsp3) is 0.273. The molecule has 0 saturated carbocycles. The summed E-state index contributed by atoms with van der Waals surface area (Å²) in [7, 11) is 1.29. The second-order valence-corrected chi connectivity index (χ2v) is 3.26. The first-order valence-corrected chi connectivity index (χ1v) is 4.71. The van der Waals surface area contributed by atoms with Crippen LogP contribution in [-0.2, 0) is 9.53 Å². The van der Waals surface area contributed by atoms with E-state index in [4.69, 9.17) is 9.47 Å². The summed E-state index contributed by atoms with van der Waals surface area (Å²) in [6, 6.07) is 4.75. The second kappa shape index (κ2) is 4.22. The summed E-state index contributed by atoms with van der Waals surface area (Å²) >= 11 is 0. The van der Waals surface area contributed by atoms with Crippen LogP contribution in [0.4, 0.5) is 0 Å². The van der Waals surface area contributed by atoms with Gasteiger partial charge < -0.3 is 14.2 Å². The lowest BCUT2D eigenvalue weighted by Crippen LogP contribution is -2.37. The Morgan fingerprint density at radius 3 is 3.00 bits per heavy atom. The summed E-state index contributed by atoms with van der Waals surface area (Å²) in [5, 5.41) is 0. The highest BCUT2D eigenvalue weighted by Crippen LogP contribution is 2.32. The van der Waals surface area contributed by atoms with Gasteiger partial charge in [0.2, 0.25) is 6.10 Å². The van der Waals surface area contributed by atoms with Gasteiger partial charge in [-0.15, -0.1) is 0 Å². The fourth-order valence-corrected chi connectivity index (χ4v) is 1.41. The number of esters is 1. The van der Waals surface area contributed by atoms with Crippen molar-refractivity contribution in [1.82, 2.24) is 0 Å². The molecule has 0 amide bonds. The number of aldehydes is 1. The van der Waals surface area contributed by atoms with Crippen molar-refractivity contribution in [2.45, 2.75) is 6.10 Å². The monoisotopic (exact) mass is 222 g/mol. The van der Waals surface area contributed by atoms with Crippen LogP contribution in [-0.4, -0.2) is 32.1 Å². The number of hydrogen-bond acceptors (Lipinski definition) is 5. The number of methoxy groups -OCH3 is 1. The van der Waals surface area contributed by atoms with Gasteiger partial charge >= 0.3 is 5.97 Å². The van der Waals surface area contributed by atoms with Gasteiger partial charge in [0.15, 0.2) is 11.5 Å². The molecule has 0 saturated heterocycles. The van der Waals surface area contributed by atoms with Crippen molar-refractivity contribution in [3.63, 3.8) is 0 Å². The minimum absolute atomic E-state index is 0.0853. The molecule has 2 rings (SSSR count). The van der Waals surface area contributed by atoms with E-state index in [2.05, 4.69) is 4.74 Å². The Bertz CT molecular complexity index is 426. The Balaban J connectivity index is 2.21. The molecule has 0 N–H and O–H groups in total. The molecule has 0 bridgehead atoms. The van der Waals surface area contributed by atoms with E-state index >= 15 is 0 Å². The van der Waals surface area contributed by atoms with Crippen LogP contribution in [0, 0.1) is 0 Å². The molecular weight excluding hydrogens is 212 g/mol. The van der Waals surface area contributed by atoms with Crippen molar-refractivity contribution in [1.29, 1.82) is 0 Å². The van der Waals surface area contributed by atoms with Crippen molar-refractivity contribution in [3.8, 4) is 11.5 Å². The third kappa shape index (κ3) is 1.84. The highest BCUT2D eigenvalue weighted by Gasteiger charge is 2.28. The summed E-state index contributed by atoms with van der Waals surface area (Å²) < 4.78 is 15.2. The van der Waals surface area contributed by atoms with Gasteiger partial charge in [-0.2, -0.15) is 0 Å². The molecule has 1 aliphatic rings. The number of hydrogen-bond donors (Lipinski definition) is 0. The van der Waals surface area contributed by atoms with Crippen LogP contribution >= 0.6 is 0 Å². The molecule has 0 spiro atoms. The maximum Gasteiger partial charge on any atom is 0.350 e. The van der Waals surface area contributed by atoms with E-state index in [0.29, 0.717) is 17.1 Å². The van der Waals surface area contributed by atoms with Crippen LogP contribution in [0.5, 0.6) is 11.5 Å². The molecular formula is C11H10O5. The normalized spacial score (nSPS) is 17.7. The Morgan fingerprint density at radius 2 is 2.31 bits per heavy atom. The Morgan fingerprint density at radius 1 is 1.50 bits per heavy atom. The smallest absolute Gasteiger partial charge is 0.350 e. The summed E-state index contributed by atoms with van der Waals surface area (Å²) in [5.74, 6) is 0.419. The third-order valence-corrected chi connectivity index (χ3v) is 2.23. The van der Waals surface area contributed by atoms with Gasteiger partial charge in [0, 0.05) is 5.56 Å². The van der Waals surface area contributed by atoms with Crippen LogP contribution in [0.3, 0.4) is 0 Å². The average molecular weight is 222 g/mol. The first-order valence-electron chi connectivity index (χ1n) is 4.71. The Labute approximate surface area is 91.9 Å². The number of carbonyl (C=O) groups excluding carboxylic acids is 2. The standard InChI is InChI=1S/C11H10O5/c1-14-11(13)10-6-15-9-4-7(5-12)2-3-8(9)16-10/h2-5,10H,6H2,1H3/t10-/m0/s1. The summed E-state index contributed by atoms with van der Waals surface area (Å²) in [5.41, 5.74) is 0.499. The zero-order valence-corrected chi connectivity index (χ0v) is 8.64. The molecule has 84 valence electrons. The number of fused-ring (bicyclic) bond motifs is 1. The topological polar surface area (TPSA) is 61.8 Å². The molecule has 1 aromatic rings. The Kier molecular flexibility index (Phi) is 2.76. The molecule has 0 aliphatic carbocycles. The first kappa shape index (κ1) is 10.5. The van der Waals surface area contributed by atoms with Crippen LogP contribution in [0.25, 0.3) is 0 Å². The van der Waals surface area contributed by atoms with Crippen molar-refractivity contribution in [2.75, 3.05) is 13.7 Å². The largest absolute Gasteiger partial charge is 0.485 e. The molecule has 5 heteroatoms. The van der Waals surface area contributed by atoms with E-state index in [1.165, 1.54) is 7.11 Å².